The topological polar surface area (TPSA) is 26.3 Å². The summed E-state index contributed by atoms with van der Waals surface area (Å²) in [6.45, 7) is 0.910. The number of quaternary nitrogens is 1. The van der Waals surface area contributed by atoms with Crippen molar-refractivity contribution in [3.8, 4) is 0 Å². The zero-order valence-electron chi connectivity index (χ0n) is 15.0. The van der Waals surface area contributed by atoms with E-state index in [2.05, 4.69) is 33.3 Å². The number of rotatable bonds is 4. The van der Waals surface area contributed by atoms with Crippen LogP contribution in [0.5, 0.6) is 0 Å². The molecule has 2 fully saturated rings. The predicted molar refractivity (Wildman–Crippen MR) is 95.5 cm³/mol. The zero-order chi connectivity index (χ0) is 16.5. The summed E-state index contributed by atoms with van der Waals surface area (Å²) in [5, 5.41) is 0. The van der Waals surface area contributed by atoms with Crippen LogP contribution in [0.25, 0.3) is 0 Å². The molecule has 0 amide bonds. The number of nitrogens with zero attached hydrogens (tertiary/aromatic N) is 1. The Labute approximate surface area is 166 Å². The number of likely N-dealkylation sites (N-methyl/N-ethyl adjacent to an activating group) is 1. The largest absolute Gasteiger partial charge is 1.00 e. The molecule has 5 heteroatoms. The van der Waals surface area contributed by atoms with E-state index < -0.39 is 15.7 Å². The summed E-state index contributed by atoms with van der Waals surface area (Å²) in [7, 11) is 5.56. The summed E-state index contributed by atoms with van der Waals surface area (Å²) in [6.07, 6.45) is 6.13. The summed E-state index contributed by atoms with van der Waals surface area (Å²) in [5.74, 6) is 1.05. The van der Waals surface area contributed by atoms with Gasteiger partial charge in [-0.2, -0.15) is 0 Å². The highest BCUT2D eigenvalue weighted by Crippen LogP contribution is 2.48. The zero-order valence-corrected chi connectivity index (χ0v) is 18.0. The molecular formula is C19H30INO2S. The lowest BCUT2D eigenvalue weighted by atomic mass is 9.82. The van der Waals surface area contributed by atoms with Crippen molar-refractivity contribution in [2.45, 2.75) is 43.1 Å². The van der Waals surface area contributed by atoms with Gasteiger partial charge in [0.1, 0.15) is 12.6 Å². The summed E-state index contributed by atoms with van der Waals surface area (Å²) >= 11 is 0. The Hall–Kier alpha value is 0.0200. The molecule has 1 saturated heterocycles. The van der Waals surface area contributed by atoms with Crippen LogP contribution >= 0.6 is 0 Å². The molecule has 1 heterocycles. The lowest BCUT2D eigenvalue weighted by molar-refractivity contribution is -0.873. The number of hydrogen-bond donors (Lipinski definition) is 0. The van der Waals surface area contributed by atoms with Crippen LogP contribution in [0, 0.1) is 5.92 Å². The lowest BCUT2D eigenvalue weighted by Gasteiger charge is -2.39. The van der Waals surface area contributed by atoms with Crippen molar-refractivity contribution in [2.24, 2.45) is 5.92 Å². The molecule has 1 aliphatic carbocycles. The van der Waals surface area contributed by atoms with Crippen LogP contribution in [-0.2, 0) is 20.5 Å². The van der Waals surface area contributed by atoms with Crippen molar-refractivity contribution in [1.29, 1.82) is 0 Å². The van der Waals surface area contributed by atoms with Crippen molar-refractivity contribution in [3.63, 3.8) is 0 Å². The van der Waals surface area contributed by atoms with Crippen molar-refractivity contribution < 1.29 is 37.4 Å². The summed E-state index contributed by atoms with van der Waals surface area (Å²) in [6, 6.07) is 10.3. The summed E-state index contributed by atoms with van der Waals surface area (Å²) in [4.78, 5) is -0.582. The van der Waals surface area contributed by atoms with Gasteiger partial charge in [0, 0.05) is 5.92 Å². The number of benzene rings is 1. The first-order valence-electron chi connectivity index (χ1n) is 8.84. The molecule has 0 radical (unpaired) electrons. The highest BCUT2D eigenvalue weighted by Gasteiger charge is 2.54. The molecule has 2 aliphatic rings. The van der Waals surface area contributed by atoms with Crippen LogP contribution in [0.2, 0.25) is 0 Å². The molecule has 1 aromatic carbocycles. The maximum Gasteiger partial charge on any atom is 0.171 e. The van der Waals surface area contributed by atoms with Crippen LogP contribution in [0.4, 0.5) is 0 Å². The van der Waals surface area contributed by atoms with E-state index in [-0.39, 0.29) is 30.1 Å². The van der Waals surface area contributed by atoms with E-state index in [0.717, 1.165) is 29.4 Å². The van der Waals surface area contributed by atoms with Gasteiger partial charge in [-0.05, 0) is 18.4 Å². The first kappa shape index (κ1) is 20.3. The van der Waals surface area contributed by atoms with Gasteiger partial charge >= 0.3 is 0 Å². The molecule has 1 saturated carbocycles. The Morgan fingerprint density at radius 1 is 1.12 bits per heavy atom. The standard InChI is InChI=1S/C19H30NO2S.HI/c1-20(2,3)14-18-15-23(21)19(22-18,16-10-6-4-7-11-16)17-12-8-5-9-13-17;/h4,6-7,10-11,17-18H,5,8-9,12-15H2,1-3H3;1H/q+1;/p-1/t18-,19-,23-;/m1./s1. The Balaban J connectivity index is 0.00000208. The summed E-state index contributed by atoms with van der Waals surface area (Å²) < 4.78 is 20.8. The Kier molecular flexibility index (Phi) is 6.90. The van der Waals surface area contributed by atoms with Gasteiger partial charge in [-0.1, -0.05) is 49.6 Å². The monoisotopic (exact) mass is 463 g/mol. The van der Waals surface area contributed by atoms with E-state index in [1.165, 1.54) is 19.3 Å². The van der Waals surface area contributed by atoms with E-state index >= 15 is 0 Å². The molecule has 0 spiro atoms. The molecular weight excluding hydrogens is 433 g/mol. The highest BCUT2D eigenvalue weighted by atomic mass is 127. The molecule has 0 unspecified atom stereocenters. The smallest absolute Gasteiger partial charge is 0.171 e. The van der Waals surface area contributed by atoms with E-state index in [4.69, 9.17) is 4.74 Å². The lowest BCUT2D eigenvalue weighted by Crippen LogP contribution is -3.00. The van der Waals surface area contributed by atoms with Gasteiger partial charge in [0.25, 0.3) is 0 Å². The second-order valence-electron chi connectivity index (χ2n) is 8.09. The average molecular weight is 463 g/mol. The van der Waals surface area contributed by atoms with Crippen molar-refractivity contribution in [1.82, 2.24) is 0 Å². The second kappa shape index (κ2) is 8.14. The van der Waals surface area contributed by atoms with Crippen LogP contribution in [0.3, 0.4) is 0 Å². The quantitative estimate of drug-likeness (QED) is 0.474. The first-order chi connectivity index (χ1) is 10.9. The summed E-state index contributed by atoms with van der Waals surface area (Å²) in [5.41, 5.74) is 1.12. The maximum absolute atomic E-state index is 13.3. The highest BCUT2D eigenvalue weighted by molar-refractivity contribution is 7.86. The Bertz CT molecular complexity index is 554. The van der Waals surface area contributed by atoms with Crippen molar-refractivity contribution in [2.75, 3.05) is 33.4 Å². The van der Waals surface area contributed by atoms with Crippen molar-refractivity contribution >= 4 is 10.8 Å². The van der Waals surface area contributed by atoms with Crippen LogP contribution < -0.4 is 24.0 Å². The minimum atomic E-state index is -0.965. The fraction of sp³-hybridized carbons (Fsp3) is 0.684. The maximum atomic E-state index is 13.3. The van der Waals surface area contributed by atoms with Crippen molar-refractivity contribution in [3.05, 3.63) is 35.9 Å². The van der Waals surface area contributed by atoms with Crippen LogP contribution in [0.1, 0.15) is 37.7 Å². The Morgan fingerprint density at radius 3 is 2.33 bits per heavy atom. The van der Waals surface area contributed by atoms with Gasteiger partial charge in [-0.3, -0.25) is 4.21 Å². The number of hydrogen-bond acceptors (Lipinski definition) is 2. The molecule has 3 nitrogen and oxygen atoms in total. The van der Waals surface area contributed by atoms with E-state index in [9.17, 15) is 4.21 Å². The van der Waals surface area contributed by atoms with Crippen LogP contribution in [0.15, 0.2) is 30.3 Å². The van der Waals surface area contributed by atoms with E-state index in [0.29, 0.717) is 11.7 Å². The number of ether oxygens (including phenoxy) is 1. The van der Waals surface area contributed by atoms with Gasteiger partial charge in [0.2, 0.25) is 0 Å². The molecule has 3 atom stereocenters. The fourth-order valence-electron chi connectivity index (χ4n) is 4.20. The second-order valence-corrected chi connectivity index (χ2v) is 9.72. The number of halogens is 1. The minimum Gasteiger partial charge on any atom is -1.00 e. The minimum absolute atomic E-state index is 0. The van der Waals surface area contributed by atoms with Gasteiger partial charge in [-0.25, -0.2) is 0 Å². The molecule has 1 aromatic rings. The van der Waals surface area contributed by atoms with E-state index in [1.54, 1.807) is 0 Å². The molecule has 136 valence electrons. The van der Waals surface area contributed by atoms with Gasteiger partial charge in [0.05, 0.1) is 37.7 Å². The average Bonchev–Trinajstić information content (AvgIpc) is 2.84. The molecule has 1 aliphatic heterocycles. The third-order valence-corrected chi connectivity index (χ3v) is 7.10. The van der Waals surface area contributed by atoms with Gasteiger partial charge in [0.15, 0.2) is 4.93 Å². The van der Waals surface area contributed by atoms with E-state index in [1.807, 2.05) is 18.2 Å². The van der Waals surface area contributed by atoms with Gasteiger partial charge < -0.3 is 33.2 Å². The Morgan fingerprint density at radius 2 is 1.75 bits per heavy atom. The fourth-order valence-corrected chi connectivity index (χ4v) is 6.21. The molecule has 0 N–H and O–H groups in total. The normalized spacial score (nSPS) is 31.6. The molecule has 3 rings (SSSR count). The van der Waals surface area contributed by atoms with Crippen LogP contribution in [-0.4, -0.2) is 48.2 Å². The molecule has 24 heavy (non-hydrogen) atoms. The first-order valence-corrected chi connectivity index (χ1v) is 10.2. The molecule has 0 bridgehead atoms. The van der Waals surface area contributed by atoms with Gasteiger partial charge in [-0.15, -0.1) is 0 Å². The predicted octanol–water partition coefficient (Wildman–Crippen LogP) is 0.277. The third-order valence-electron chi connectivity index (χ3n) is 5.09. The third kappa shape index (κ3) is 4.22. The SMILES string of the molecule is C[N+](C)(C)C[C@@H]1C[S@@](=O)[C@](c2ccccc2)(C2CCCCC2)O1.[I-]. The molecule has 0 aromatic heterocycles.